The highest BCUT2D eigenvalue weighted by atomic mass is 35.5. The van der Waals surface area contributed by atoms with Gasteiger partial charge >= 0.3 is 0 Å². The Kier molecular flexibility index (Phi) is 11.2. The molecular weight excluding hydrogens is 492 g/mol. The maximum absolute atomic E-state index is 13.0. The van der Waals surface area contributed by atoms with E-state index in [2.05, 4.69) is 17.0 Å². The smallest absolute Gasteiger partial charge is 0.186 e. The highest BCUT2D eigenvalue weighted by Crippen LogP contribution is 2.44. The van der Waals surface area contributed by atoms with Crippen LogP contribution in [-0.4, -0.2) is 57.8 Å². The third-order valence-corrected chi connectivity index (χ3v) is 7.29. The van der Waals surface area contributed by atoms with Crippen LogP contribution in [0.3, 0.4) is 0 Å². The van der Waals surface area contributed by atoms with Crippen LogP contribution < -0.4 is 24.7 Å². The molecule has 2 aromatic carbocycles. The van der Waals surface area contributed by atoms with Crippen molar-refractivity contribution in [1.82, 2.24) is 4.90 Å². The van der Waals surface area contributed by atoms with Crippen molar-refractivity contribution in [2.75, 3.05) is 52.8 Å². The first kappa shape index (κ1) is 28.9. The zero-order chi connectivity index (χ0) is 26.8. The molecule has 0 saturated carbocycles. The number of ketones is 1. The van der Waals surface area contributed by atoms with Crippen LogP contribution in [0.2, 0.25) is 5.02 Å². The maximum Gasteiger partial charge on any atom is 0.186 e. The second kappa shape index (κ2) is 14.3. The summed E-state index contributed by atoms with van der Waals surface area (Å²) in [5.74, 6) is 2.96. The SMILES string of the molecule is CC.COc1ccc(CCCN2CCC(CCC(=O)c3cc(Cl)c(N)c4c3OCCO4)CC2)cc1OC. The van der Waals surface area contributed by atoms with E-state index in [4.69, 9.17) is 36.3 Å². The fraction of sp³-hybridized carbons (Fsp3) is 0.552. The fourth-order valence-electron chi connectivity index (χ4n) is 4.92. The van der Waals surface area contributed by atoms with Crippen molar-refractivity contribution in [3.05, 3.63) is 40.4 Å². The van der Waals surface area contributed by atoms with Crippen LogP contribution in [0.5, 0.6) is 23.0 Å². The van der Waals surface area contributed by atoms with Gasteiger partial charge in [-0.05, 0) is 81.4 Å². The highest BCUT2D eigenvalue weighted by Gasteiger charge is 2.26. The van der Waals surface area contributed by atoms with E-state index in [0.717, 1.165) is 63.2 Å². The Bertz CT molecular complexity index is 1040. The Hall–Kier alpha value is -2.64. The van der Waals surface area contributed by atoms with Crippen molar-refractivity contribution in [2.24, 2.45) is 5.92 Å². The first-order valence-corrected chi connectivity index (χ1v) is 13.7. The quantitative estimate of drug-likeness (QED) is 0.295. The number of carbonyl (C=O) groups is 1. The van der Waals surface area contributed by atoms with Crippen molar-refractivity contribution in [1.29, 1.82) is 0 Å². The number of rotatable bonds is 10. The number of methoxy groups -OCH3 is 2. The van der Waals surface area contributed by atoms with Gasteiger partial charge in [0.2, 0.25) is 0 Å². The number of aryl methyl sites for hydroxylation is 1. The van der Waals surface area contributed by atoms with Crippen LogP contribution in [-0.2, 0) is 6.42 Å². The van der Waals surface area contributed by atoms with E-state index in [-0.39, 0.29) is 5.78 Å². The third kappa shape index (κ3) is 7.45. The number of benzene rings is 2. The molecular formula is C29H41ClN2O5. The first-order valence-electron chi connectivity index (χ1n) is 13.3. The predicted molar refractivity (Wildman–Crippen MR) is 149 cm³/mol. The number of carbonyl (C=O) groups excluding carboxylic acids is 1. The van der Waals surface area contributed by atoms with E-state index in [0.29, 0.717) is 53.3 Å². The number of halogens is 1. The summed E-state index contributed by atoms with van der Waals surface area (Å²) in [6.45, 7) is 8.03. The number of likely N-dealkylation sites (tertiary alicyclic amines) is 1. The molecule has 2 aromatic rings. The molecule has 0 amide bonds. The van der Waals surface area contributed by atoms with Crippen LogP contribution in [0.15, 0.2) is 24.3 Å². The van der Waals surface area contributed by atoms with Crippen molar-refractivity contribution in [3.8, 4) is 23.0 Å². The van der Waals surface area contributed by atoms with Gasteiger partial charge in [-0.2, -0.15) is 0 Å². The number of hydrogen-bond acceptors (Lipinski definition) is 7. The summed E-state index contributed by atoms with van der Waals surface area (Å²) in [6.07, 6.45) is 5.68. The van der Waals surface area contributed by atoms with Crippen LogP contribution in [0.1, 0.15) is 61.9 Å². The lowest BCUT2D eigenvalue weighted by molar-refractivity contribution is 0.0951. The topological polar surface area (TPSA) is 83.3 Å². The summed E-state index contributed by atoms with van der Waals surface area (Å²) in [6, 6.07) is 7.75. The third-order valence-electron chi connectivity index (χ3n) is 6.97. The average Bonchev–Trinajstić information content (AvgIpc) is 2.95. The molecule has 37 heavy (non-hydrogen) atoms. The van der Waals surface area contributed by atoms with Gasteiger partial charge in [0, 0.05) is 6.42 Å². The molecule has 0 radical (unpaired) electrons. The molecule has 2 heterocycles. The standard InChI is InChI=1S/C27H35ClN2O5.C2H6/c1-32-23-8-6-19(16-24(23)33-2)4-3-11-30-12-9-18(10-13-30)5-7-22(31)20-17-21(28)25(29)27-26(20)34-14-15-35-27;1-2/h6,8,16-18H,3-5,7,9-15,29H2,1-2H3;1-2H3. The molecule has 7 nitrogen and oxygen atoms in total. The fourth-order valence-corrected chi connectivity index (χ4v) is 5.11. The molecule has 0 aliphatic carbocycles. The van der Waals surface area contributed by atoms with Gasteiger partial charge in [0.05, 0.1) is 30.5 Å². The molecule has 0 atom stereocenters. The molecule has 0 unspecified atom stereocenters. The molecule has 1 saturated heterocycles. The minimum atomic E-state index is 0.0333. The molecule has 204 valence electrons. The van der Waals surface area contributed by atoms with E-state index in [1.807, 2.05) is 19.9 Å². The minimum Gasteiger partial charge on any atom is -0.493 e. The monoisotopic (exact) mass is 532 g/mol. The summed E-state index contributed by atoms with van der Waals surface area (Å²) in [5, 5.41) is 0.332. The van der Waals surface area contributed by atoms with Crippen molar-refractivity contribution in [2.45, 2.75) is 52.4 Å². The van der Waals surface area contributed by atoms with E-state index < -0.39 is 0 Å². The van der Waals surface area contributed by atoms with Gasteiger partial charge in [0.1, 0.15) is 13.2 Å². The number of anilines is 1. The van der Waals surface area contributed by atoms with Gasteiger partial charge < -0.3 is 29.6 Å². The Balaban J connectivity index is 0.00000186. The summed E-state index contributed by atoms with van der Waals surface area (Å²) in [7, 11) is 3.32. The van der Waals surface area contributed by atoms with Gasteiger partial charge in [-0.3, -0.25) is 4.79 Å². The van der Waals surface area contributed by atoms with Crippen LogP contribution in [0.25, 0.3) is 0 Å². The zero-order valence-electron chi connectivity index (χ0n) is 22.6. The Morgan fingerprint density at radius 2 is 1.73 bits per heavy atom. The van der Waals surface area contributed by atoms with Gasteiger partial charge in [-0.15, -0.1) is 0 Å². The van der Waals surface area contributed by atoms with Crippen LogP contribution >= 0.6 is 11.6 Å². The van der Waals surface area contributed by atoms with E-state index in [1.165, 1.54) is 5.56 Å². The lowest BCUT2D eigenvalue weighted by atomic mass is 9.90. The second-order valence-corrected chi connectivity index (χ2v) is 9.62. The first-order chi connectivity index (χ1) is 18.0. The number of nitrogen functional groups attached to an aromatic ring is 1. The highest BCUT2D eigenvalue weighted by molar-refractivity contribution is 6.34. The zero-order valence-corrected chi connectivity index (χ0v) is 23.4. The molecule has 2 aliphatic heterocycles. The molecule has 2 aliphatic rings. The van der Waals surface area contributed by atoms with Crippen molar-refractivity contribution >= 4 is 23.1 Å². The van der Waals surface area contributed by atoms with Gasteiger partial charge in [-0.1, -0.05) is 31.5 Å². The number of fused-ring (bicyclic) bond motifs is 1. The molecule has 0 aromatic heterocycles. The van der Waals surface area contributed by atoms with Crippen molar-refractivity contribution in [3.63, 3.8) is 0 Å². The Morgan fingerprint density at radius 1 is 1.05 bits per heavy atom. The summed E-state index contributed by atoms with van der Waals surface area (Å²) < 4.78 is 22.0. The molecule has 0 spiro atoms. The largest absolute Gasteiger partial charge is 0.493 e. The predicted octanol–water partition coefficient (Wildman–Crippen LogP) is 6.04. The second-order valence-electron chi connectivity index (χ2n) is 9.21. The summed E-state index contributed by atoms with van der Waals surface area (Å²) in [5.41, 5.74) is 8.07. The van der Waals surface area contributed by atoms with Crippen molar-refractivity contribution < 1.29 is 23.7 Å². The Labute approximate surface area is 226 Å². The number of nitrogens with zero attached hydrogens (tertiary/aromatic N) is 1. The number of nitrogens with two attached hydrogens (primary N) is 1. The van der Waals surface area contributed by atoms with E-state index in [9.17, 15) is 4.79 Å². The average molecular weight is 533 g/mol. The van der Waals surface area contributed by atoms with Gasteiger partial charge in [0.15, 0.2) is 28.8 Å². The minimum absolute atomic E-state index is 0.0333. The Morgan fingerprint density at radius 3 is 2.41 bits per heavy atom. The number of ether oxygens (including phenoxy) is 4. The van der Waals surface area contributed by atoms with E-state index >= 15 is 0 Å². The van der Waals surface area contributed by atoms with E-state index in [1.54, 1.807) is 20.3 Å². The number of piperidine rings is 1. The lowest BCUT2D eigenvalue weighted by Crippen LogP contribution is -2.34. The molecule has 1 fully saturated rings. The molecule has 2 N–H and O–H groups in total. The van der Waals surface area contributed by atoms with Crippen LogP contribution in [0, 0.1) is 5.92 Å². The lowest BCUT2D eigenvalue weighted by Gasteiger charge is -2.32. The number of Topliss-reactive ketones (excluding diaryl/α,β-unsaturated/α-hetero) is 1. The van der Waals surface area contributed by atoms with Gasteiger partial charge in [0.25, 0.3) is 0 Å². The molecule has 0 bridgehead atoms. The van der Waals surface area contributed by atoms with Gasteiger partial charge in [-0.25, -0.2) is 0 Å². The normalized spacial score (nSPS) is 15.5. The number of hydrogen-bond donors (Lipinski definition) is 1. The molecule has 4 rings (SSSR count). The molecule has 8 heteroatoms. The summed E-state index contributed by atoms with van der Waals surface area (Å²) >= 11 is 6.24. The van der Waals surface area contributed by atoms with Crippen LogP contribution in [0.4, 0.5) is 5.69 Å². The summed E-state index contributed by atoms with van der Waals surface area (Å²) in [4.78, 5) is 15.5. The maximum atomic E-state index is 13.0.